The monoisotopic (exact) mass is 165 g/mol. The summed E-state index contributed by atoms with van der Waals surface area (Å²) in [6.45, 7) is -1.04. The first kappa shape index (κ1) is 8.86. The van der Waals surface area contributed by atoms with Crippen molar-refractivity contribution in [3.8, 4) is 0 Å². The summed E-state index contributed by atoms with van der Waals surface area (Å²) in [6, 6.07) is -1.35. The van der Waals surface area contributed by atoms with Crippen molar-refractivity contribution in [2.75, 3.05) is 13.3 Å². The molecule has 1 aliphatic rings. The minimum atomic E-state index is -1.11. The first-order valence-corrected chi connectivity index (χ1v) is 3.49. The highest BCUT2D eigenvalue weighted by Gasteiger charge is 2.40. The molecule has 1 rings (SSSR count). The lowest BCUT2D eigenvalue weighted by Gasteiger charge is -2.12. The first-order chi connectivity index (χ1) is 5.20. The van der Waals surface area contributed by atoms with E-state index in [4.69, 9.17) is 15.3 Å². The number of rotatable bonds is 2. The van der Waals surface area contributed by atoms with Crippen LogP contribution in [0.2, 0.25) is 0 Å². The zero-order valence-corrected chi connectivity index (χ0v) is 5.94. The lowest BCUT2D eigenvalue weighted by Crippen LogP contribution is -2.36. The van der Waals surface area contributed by atoms with Gasteiger partial charge in [0, 0.05) is 0 Å². The molecule has 0 aromatic heterocycles. The average molecular weight is 165 g/mol. The van der Waals surface area contributed by atoms with E-state index < -0.39 is 31.0 Å². The van der Waals surface area contributed by atoms with Gasteiger partial charge in [0.1, 0.15) is 6.67 Å². The fourth-order valence-corrected chi connectivity index (χ4v) is 1.24. The Bertz CT molecular complexity index is 117. The lowest BCUT2D eigenvalue weighted by atomic mass is 10.1. The third-order valence-corrected chi connectivity index (χ3v) is 1.97. The van der Waals surface area contributed by atoms with Gasteiger partial charge in [0.2, 0.25) is 0 Å². The molecule has 4 nitrogen and oxygen atoms in total. The second-order valence-electron chi connectivity index (χ2n) is 2.70. The van der Waals surface area contributed by atoms with E-state index in [-0.39, 0.29) is 6.61 Å². The Morgan fingerprint density at radius 2 is 1.73 bits per heavy atom. The van der Waals surface area contributed by atoms with Crippen LogP contribution in [0.25, 0.3) is 0 Å². The van der Waals surface area contributed by atoms with E-state index in [2.05, 4.69) is 5.32 Å². The Labute approximate surface area is 63.7 Å². The number of nitrogens with one attached hydrogen (secondary N) is 1. The number of aliphatic hydroxyl groups is 3. The second kappa shape index (κ2) is 3.44. The fraction of sp³-hybridized carbons (Fsp3) is 1.00. The van der Waals surface area contributed by atoms with Gasteiger partial charge in [-0.3, -0.25) is 0 Å². The van der Waals surface area contributed by atoms with Crippen molar-refractivity contribution in [2.24, 2.45) is 0 Å². The minimum absolute atomic E-state index is 0.297. The van der Waals surface area contributed by atoms with E-state index in [9.17, 15) is 4.39 Å². The van der Waals surface area contributed by atoms with Gasteiger partial charge in [0.15, 0.2) is 0 Å². The molecule has 11 heavy (non-hydrogen) atoms. The highest BCUT2D eigenvalue weighted by molar-refractivity contribution is 4.97. The maximum atomic E-state index is 12.0. The minimum Gasteiger partial charge on any atom is -0.395 e. The predicted molar refractivity (Wildman–Crippen MR) is 35.8 cm³/mol. The molecule has 4 atom stereocenters. The molecule has 66 valence electrons. The maximum Gasteiger partial charge on any atom is 0.107 e. The van der Waals surface area contributed by atoms with Crippen molar-refractivity contribution in [1.29, 1.82) is 0 Å². The van der Waals surface area contributed by atoms with Gasteiger partial charge < -0.3 is 20.6 Å². The van der Waals surface area contributed by atoms with Gasteiger partial charge in [-0.25, -0.2) is 4.39 Å². The van der Waals surface area contributed by atoms with E-state index in [0.29, 0.717) is 0 Å². The summed E-state index contributed by atoms with van der Waals surface area (Å²) in [6.07, 6.45) is -2.18. The van der Waals surface area contributed by atoms with Gasteiger partial charge >= 0.3 is 0 Å². The normalized spacial score (nSPS) is 44.7. The van der Waals surface area contributed by atoms with E-state index in [1.807, 2.05) is 0 Å². The Kier molecular flexibility index (Phi) is 2.78. The van der Waals surface area contributed by atoms with Crippen LogP contribution < -0.4 is 5.32 Å². The molecule has 1 fully saturated rings. The summed E-state index contributed by atoms with van der Waals surface area (Å²) >= 11 is 0. The standard InChI is InChI=1S/C6H12FNO3/c7-1-3-5(10)6(11)4(2-9)8-3/h3-6,8-11H,1-2H2/t3-,4-,5-,6-/m1/s1. The quantitative estimate of drug-likeness (QED) is 0.382. The third kappa shape index (κ3) is 1.51. The topological polar surface area (TPSA) is 72.7 Å². The molecule has 0 amide bonds. The highest BCUT2D eigenvalue weighted by atomic mass is 19.1. The Morgan fingerprint density at radius 1 is 1.18 bits per heavy atom. The van der Waals surface area contributed by atoms with Crippen molar-refractivity contribution in [2.45, 2.75) is 24.3 Å². The lowest BCUT2D eigenvalue weighted by molar-refractivity contribution is 0.0171. The van der Waals surface area contributed by atoms with E-state index in [0.717, 1.165) is 0 Å². The first-order valence-electron chi connectivity index (χ1n) is 3.49. The summed E-state index contributed by atoms with van der Waals surface area (Å²) in [5.74, 6) is 0. The molecule has 0 aliphatic carbocycles. The summed E-state index contributed by atoms with van der Waals surface area (Å²) < 4.78 is 12.0. The van der Waals surface area contributed by atoms with E-state index in [1.54, 1.807) is 0 Å². The molecule has 0 saturated carbocycles. The summed E-state index contributed by atoms with van der Waals surface area (Å²) in [5.41, 5.74) is 0. The van der Waals surface area contributed by atoms with Crippen molar-refractivity contribution in [3.05, 3.63) is 0 Å². The SMILES string of the molecule is OC[C@H]1N[C@H](CF)[C@@H](O)[C@@H]1O. The Hall–Kier alpha value is -0.230. The van der Waals surface area contributed by atoms with Gasteiger partial charge in [-0.05, 0) is 0 Å². The molecule has 0 aromatic carbocycles. The molecule has 0 bridgehead atoms. The van der Waals surface area contributed by atoms with Crippen molar-refractivity contribution >= 4 is 0 Å². The van der Waals surface area contributed by atoms with E-state index >= 15 is 0 Å². The van der Waals surface area contributed by atoms with Crippen molar-refractivity contribution in [1.82, 2.24) is 5.32 Å². The zero-order valence-electron chi connectivity index (χ0n) is 5.94. The van der Waals surface area contributed by atoms with Crippen LogP contribution in [0.15, 0.2) is 0 Å². The van der Waals surface area contributed by atoms with Crippen LogP contribution >= 0.6 is 0 Å². The van der Waals surface area contributed by atoms with Gasteiger partial charge in [-0.2, -0.15) is 0 Å². The van der Waals surface area contributed by atoms with Crippen molar-refractivity contribution < 1.29 is 19.7 Å². The van der Waals surface area contributed by atoms with Crippen LogP contribution in [-0.4, -0.2) is 52.9 Å². The molecular formula is C6H12FNO3. The number of hydrogen-bond acceptors (Lipinski definition) is 4. The molecule has 4 N–H and O–H groups in total. The molecule has 1 aliphatic heterocycles. The molecule has 0 unspecified atom stereocenters. The zero-order chi connectivity index (χ0) is 8.43. The van der Waals surface area contributed by atoms with E-state index in [1.165, 1.54) is 0 Å². The van der Waals surface area contributed by atoms with Gasteiger partial charge in [-0.15, -0.1) is 0 Å². The molecule has 0 spiro atoms. The molecule has 1 saturated heterocycles. The maximum absolute atomic E-state index is 12.0. The fourth-order valence-electron chi connectivity index (χ4n) is 1.24. The molecule has 0 aromatic rings. The number of aliphatic hydroxyl groups excluding tert-OH is 3. The number of alkyl halides is 1. The molecule has 5 heteroatoms. The summed E-state index contributed by atoms with van der Waals surface area (Å²) in [5, 5.41) is 29.4. The molecular weight excluding hydrogens is 153 g/mol. The Morgan fingerprint density at radius 3 is 2.00 bits per heavy atom. The van der Waals surface area contributed by atoms with Gasteiger partial charge in [-0.1, -0.05) is 0 Å². The van der Waals surface area contributed by atoms with Crippen LogP contribution in [0.4, 0.5) is 4.39 Å². The van der Waals surface area contributed by atoms with Gasteiger partial charge in [0.05, 0.1) is 30.9 Å². The van der Waals surface area contributed by atoms with Crippen LogP contribution in [0.5, 0.6) is 0 Å². The smallest absolute Gasteiger partial charge is 0.107 e. The summed E-state index contributed by atoms with van der Waals surface area (Å²) in [7, 11) is 0. The van der Waals surface area contributed by atoms with Crippen molar-refractivity contribution in [3.63, 3.8) is 0 Å². The van der Waals surface area contributed by atoms with Crippen LogP contribution in [0.1, 0.15) is 0 Å². The van der Waals surface area contributed by atoms with Crippen LogP contribution in [-0.2, 0) is 0 Å². The number of hydrogen-bond donors (Lipinski definition) is 4. The second-order valence-corrected chi connectivity index (χ2v) is 2.70. The molecule has 0 radical (unpaired) electrons. The molecule has 1 heterocycles. The average Bonchev–Trinajstić information content (AvgIpc) is 2.30. The van der Waals surface area contributed by atoms with Crippen LogP contribution in [0.3, 0.4) is 0 Å². The highest BCUT2D eigenvalue weighted by Crippen LogP contribution is 2.14. The van der Waals surface area contributed by atoms with Crippen LogP contribution in [0, 0.1) is 0 Å². The Balaban J connectivity index is 2.53. The third-order valence-electron chi connectivity index (χ3n) is 1.97. The summed E-state index contributed by atoms with van der Waals surface area (Å²) in [4.78, 5) is 0. The van der Waals surface area contributed by atoms with Gasteiger partial charge in [0.25, 0.3) is 0 Å². The number of halogens is 1. The predicted octanol–water partition coefficient (Wildman–Crippen LogP) is -1.99. The largest absolute Gasteiger partial charge is 0.395 e.